The van der Waals surface area contributed by atoms with E-state index in [1.165, 1.54) is 48.7 Å². The van der Waals surface area contributed by atoms with Crippen LogP contribution in [0.15, 0.2) is 77.8 Å². The van der Waals surface area contributed by atoms with Crippen LogP contribution in [-0.4, -0.2) is 26.1 Å². The summed E-state index contributed by atoms with van der Waals surface area (Å²) in [5.74, 6) is 0. The van der Waals surface area contributed by atoms with Gasteiger partial charge in [-0.15, -0.1) is 0 Å². The third-order valence-electron chi connectivity index (χ3n) is 3.83. The zero-order valence-electron chi connectivity index (χ0n) is 14.3. The number of aromatic nitrogens is 1. The maximum absolute atomic E-state index is 13.2. The van der Waals surface area contributed by atoms with Crippen molar-refractivity contribution in [2.24, 2.45) is 0 Å². The summed E-state index contributed by atoms with van der Waals surface area (Å²) in [6.07, 6.45) is -3.24. The third kappa shape index (κ3) is 4.45. The fraction of sp³-hybridized carbons (Fsp3) is 0.105. The molecule has 0 aliphatic heterocycles. The van der Waals surface area contributed by atoms with Crippen LogP contribution in [0, 0.1) is 0 Å². The molecule has 9 heteroatoms. The van der Waals surface area contributed by atoms with Crippen molar-refractivity contribution < 1.29 is 21.6 Å². The Morgan fingerprint density at radius 1 is 0.964 bits per heavy atom. The van der Waals surface area contributed by atoms with Gasteiger partial charge in [0.25, 0.3) is 10.0 Å². The minimum Gasteiger partial charge on any atom is -0.257 e. The first-order valence-electron chi connectivity index (χ1n) is 8.04. The van der Waals surface area contributed by atoms with Gasteiger partial charge in [-0.3, -0.25) is 9.29 Å². The van der Waals surface area contributed by atoms with Crippen LogP contribution < -0.4 is 4.31 Å². The molecule has 0 atom stereocenters. The van der Waals surface area contributed by atoms with Crippen molar-refractivity contribution in [2.75, 3.05) is 10.8 Å². The molecule has 0 bridgehead atoms. The first-order chi connectivity index (χ1) is 13.2. The normalized spacial score (nSPS) is 12.0. The van der Waals surface area contributed by atoms with Gasteiger partial charge >= 0.3 is 6.18 Å². The highest BCUT2D eigenvalue weighted by atomic mass is 35.5. The molecule has 2 aromatic carbocycles. The van der Waals surface area contributed by atoms with E-state index in [9.17, 15) is 21.6 Å². The molecule has 0 saturated heterocycles. The van der Waals surface area contributed by atoms with Gasteiger partial charge in [-0.25, -0.2) is 8.42 Å². The van der Waals surface area contributed by atoms with Crippen molar-refractivity contribution in [2.45, 2.75) is 11.1 Å². The van der Waals surface area contributed by atoms with Crippen LogP contribution in [0.25, 0.3) is 11.3 Å². The van der Waals surface area contributed by atoms with Crippen molar-refractivity contribution >= 4 is 27.3 Å². The lowest BCUT2D eigenvalue weighted by atomic mass is 10.1. The summed E-state index contributed by atoms with van der Waals surface area (Å²) in [6, 6.07) is 15.8. The van der Waals surface area contributed by atoms with Crippen molar-refractivity contribution in [3.63, 3.8) is 0 Å². The molecule has 28 heavy (non-hydrogen) atoms. The minimum absolute atomic E-state index is 0.161. The highest BCUT2D eigenvalue weighted by Gasteiger charge is 2.37. The van der Waals surface area contributed by atoms with E-state index < -0.39 is 22.7 Å². The number of nitrogens with zero attached hydrogens (tertiary/aromatic N) is 2. The summed E-state index contributed by atoms with van der Waals surface area (Å²) in [7, 11) is -4.45. The molecule has 3 aromatic rings. The third-order valence-corrected chi connectivity index (χ3v) is 5.95. The smallest absolute Gasteiger partial charge is 0.257 e. The van der Waals surface area contributed by atoms with Crippen molar-refractivity contribution in [1.82, 2.24) is 4.98 Å². The first-order valence-corrected chi connectivity index (χ1v) is 9.86. The van der Waals surface area contributed by atoms with Crippen LogP contribution >= 0.6 is 11.6 Å². The summed E-state index contributed by atoms with van der Waals surface area (Å²) in [4.78, 5) is 3.89. The lowest BCUT2D eigenvalue weighted by Gasteiger charge is -2.26. The predicted molar refractivity (Wildman–Crippen MR) is 102 cm³/mol. The fourth-order valence-corrected chi connectivity index (χ4v) is 4.26. The molecule has 0 fully saturated rings. The molecule has 0 unspecified atom stereocenters. The first kappa shape index (κ1) is 20.2. The van der Waals surface area contributed by atoms with Gasteiger partial charge in [0.05, 0.1) is 21.3 Å². The van der Waals surface area contributed by atoms with E-state index in [1.54, 1.807) is 24.3 Å². The molecule has 0 saturated carbocycles. The average molecular weight is 427 g/mol. The van der Waals surface area contributed by atoms with E-state index in [0.717, 1.165) is 0 Å². The molecule has 146 valence electrons. The number of sulfonamides is 1. The molecular formula is C19H14ClF3N2O2S. The highest BCUT2D eigenvalue weighted by molar-refractivity contribution is 7.92. The van der Waals surface area contributed by atoms with Crippen LogP contribution in [0.2, 0.25) is 5.02 Å². The number of benzene rings is 2. The van der Waals surface area contributed by atoms with Gasteiger partial charge in [-0.2, -0.15) is 13.2 Å². The van der Waals surface area contributed by atoms with E-state index in [-0.39, 0.29) is 15.6 Å². The molecule has 1 heterocycles. The quantitative estimate of drug-likeness (QED) is 0.566. The lowest BCUT2D eigenvalue weighted by Crippen LogP contribution is -2.39. The summed E-state index contributed by atoms with van der Waals surface area (Å²) in [6.45, 7) is -1.67. The second-order valence-corrected chi connectivity index (χ2v) is 8.09. The van der Waals surface area contributed by atoms with Gasteiger partial charge in [0.2, 0.25) is 0 Å². The Balaban J connectivity index is 2.15. The maximum Gasteiger partial charge on any atom is 0.407 e. The van der Waals surface area contributed by atoms with E-state index in [0.29, 0.717) is 15.6 Å². The second-order valence-electron chi connectivity index (χ2n) is 5.82. The zero-order chi connectivity index (χ0) is 20.4. The number of rotatable bonds is 5. The molecule has 1 aromatic heterocycles. The monoisotopic (exact) mass is 426 g/mol. The topological polar surface area (TPSA) is 50.3 Å². The molecule has 0 aliphatic rings. The highest BCUT2D eigenvalue weighted by Crippen LogP contribution is 2.34. The van der Waals surface area contributed by atoms with Crippen molar-refractivity contribution in [3.8, 4) is 11.3 Å². The Labute approximate surface area is 165 Å². The summed E-state index contributed by atoms with van der Waals surface area (Å²) in [5, 5.41) is 0.242. The molecule has 0 radical (unpaired) electrons. The Kier molecular flexibility index (Phi) is 5.62. The molecule has 0 aliphatic carbocycles. The summed E-state index contributed by atoms with van der Waals surface area (Å²) >= 11 is 6.17. The van der Waals surface area contributed by atoms with Crippen LogP contribution in [0.5, 0.6) is 0 Å². The number of halogens is 4. The Bertz CT molecular complexity index is 1060. The number of pyridine rings is 1. The predicted octanol–water partition coefficient (Wildman–Crippen LogP) is 5.16. The minimum atomic E-state index is -4.74. The van der Waals surface area contributed by atoms with Crippen molar-refractivity contribution in [1.29, 1.82) is 0 Å². The van der Waals surface area contributed by atoms with Crippen LogP contribution in [0.4, 0.5) is 18.9 Å². The number of hydrogen-bond donors (Lipinski definition) is 0. The van der Waals surface area contributed by atoms with Crippen LogP contribution in [0.3, 0.4) is 0 Å². The Morgan fingerprint density at radius 2 is 1.64 bits per heavy atom. The second kappa shape index (κ2) is 7.81. The Morgan fingerprint density at radius 3 is 2.25 bits per heavy atom. The lowest BCUT2D eigenvalue weighted by molar-refractivity contribution is -0.117. The molecule has 0 amide bonds. The molecule has 0 spiro atoms. The largest absolute Gasteiger partial charge is 0.407 e. The zero-order valence-corrected chi connectivity index (χ0v) is 15.8. The summed E-state index contributed by atoms with van der Waals surface area (Å²) in [5.41, 5.74) is 0.583. The van der Waals surface area contributed by atoms with Gasteiger partial charge in [-0.05, 0) is 42.5 Å². The number of hydrogen-bond acceptors (Lipinski definition) is 3. The summed E-state index contributed by atoms with van der Waals surface area (Å²) < 4.78 is 65.8. The number of alkyl halides is 3. The van der Waals surface area contributed by atoms with E-state index in [4.69, 9.17) is 11.6 Å². The van der Waals surface area contributed by atoms with Gasteiger partial charge in [-0.1, -0.05) is 35.9 Å². The SMILES string of the molecule is O=S(=O)(c1ccccc1)N(CC(F)(F)F)c1ccc(Cl)c(-c2ccccn2)c1. The van der Waals surface area contributed by atoms with Gasteiger partial charge in [0.15, 0.2) is 0 Å². The molecule has 0 N–H and O–H groups in total. The van der Waals surface area contributed by atoms with Gasteiger partial charge in [0.1, 0.15) is 6.54 Å². The Hall–Kier alpha value is -2.58. The average Bonchev–Trinajstić information content (AvgIpc) is 2.67. The van der Waals surface area contributed by atoms with Crippen LogP contribution in [-0.2, 0) is 10.0 Å². The van der Waals surface area contributed by atoms with Gasteiger partial charge < -0.3 is 0 Å². The molecule has 3 rings (SSSR count). The standard InChI is InChI=1S/C19H14ClF3N2O2S/c20-17-10-9-14(12-16(17)18-8-4-5-11-24-18)25(13-19(21,22)23)28(26,27)15-6-2-1-3-7-15/h1-12H,13H2. The van der Waals surface area contributed by atoms with Crippen molar-refractivity contribution in [3.05, 3.63) is 77.9 Å². The van der Waals surface area contributed by atoms with E-state index in [2.05, 4.69) is 4.98 Å². The molecule has 4 nitrogen and oxygen atoms in total. The van der Waals surface area contributed by atoms with Crippen LogP contribution in [0.1, 0.15) is 0 Å². The van der Waals surface area contributed by atoms with E-state index in [1.807, 2.05) is 0 Å². The van der Waals surface area contributed by atoms with Gasteiger partial charge in [0, 0.05) is 11.8 Å². The maximum atomic E-state index is 13.2. The van der Waals surface area contributed by atoms with E-state index >= 15 is 0 Å². The molecular weight excluding hydrogens is 413 g/mol. The number of anilines is 1. The fourth-order valence-electron chi connectivity index (χ4n) is 2.58.